The summed E-state index contributed by atoms with van der Waals surface area (Å²) >= 11 is 0. The number of carbonyl (C=O) groups excluding carboxylic acids is 1. The van der Waals surface area contributed by atoms with Crippen LogP contribution in [0, 0.1) is 12.8 Å². The van der Waals surface area contributed by atoms with Gasteiger partial charge in [-0.3, -0.25) is 4.21 Å². The van der Waals surface area contributed by atoms with Gasteiger partial charge in [0.2, 0.25) is 0 Å². The SMILES string of the molecule is Cc1cccc(NC(=O)N2CC[S@@](=O)C[C@@H](C)C2)c1. The maximum atomic E-state index is 12.2. The van der Waals surface area contributed by atoms with Gasteiger partial charge >= 0.3 is 6.03 Å². The summed E-state index contributed by atoms with van der Waals surface area (Å²) in [6.07, 6.45) is 0. The largest absolute Gasteiger partial charge is 0.323 e. The summed E-state index contributed by atoms with van der Waals surface area (Å²) in [5.74, 6) is 1.55. The molecule has 1 saturated heterocycles. The van der Waals surface area contributed by atoms with E-state index < -0.39 is 10.8 Å². The molecule has 0 radical (unpaired) electrons. The quantitative estimate of drug-likeness (QED) is 0.857. The molecule has 4 nitrogen and oxygen atoms in total. The van der Waals surface area contributed by atoms with Crippen molar-refractivity contribution in [1.82, 2.24) is 4.90 Å². The molecule has 1 fully saturated rings. The predicted octanol–water partition coefficient (Wildman–Crippen LogP) is 2.23. The maximum Gasteiger partial charge on any atom is 0.321 e. The number of urea groups is 1. The number of benzene rings is 1. The fraction of sp³-hybridized carbons (Fsp3) is 0.500. The van der Waals surface area contributed by atoms with E-state index in [0.717, 1.165) is 11.3 Å². The van der Waals surface area contributed by atoms with Crippen LogP contribution >= 0.6 is 0 Å². The topological polar surface area (TPSA) is 49.4 Å². The van der Waals surface area contributed by atoms with Crippen LogP contribution in [0.3, 0.4) is 0 Å². The van der Waals surface area contributed by atoms with Crippen LogP contribution in [0.25, 0.3) is 0 Å². The van der Waals surface area contributed by atoms with Gasteiger partial charge in [-0.2, -0.15) is 0 Å². The molecule has 1 heterocycles. The van der Waals surface area contributed by atoms with Crippen molar-refractivity contribution in [3.63, 3.8) is 0 Å². The first-order valence-corrected chi connectivity index (χ1v) is 8.01. The molecule has 0 bridgehead atoms. The van der Waals surface area contributed by atoms with E-state index in [2.05, 4.69) is 5.32 Å². The number of hydrogen-bond donors (Lipinski definition) is 1. The first-order valence-electron chi connectivity index (χ1n) is 6.52. The molecule has 0 saturated carbocycles. The fourth-order valence-corrected chi connectivity index (χ4v) is 3.57. The van der Waals surface area contributed by atoms with Crippen LogP contribution in [-0.4, -0.2) is 39.7 Å². The van der Waals surface area contributed by atoms with Gasteiger partial charge in [0.1, 0.15) is 0 Å². The minimum absolute atomic E-state index is 0.101. The molecule has 1 aliphatic rings. The smallest absolute Gasteiger partial charge is 0.321 e. The van der Waals surface area contributed by atoms with Crippen molar-refractivity contribution in [2.24, 2.45) is 5.92 Å². The van der Waals surface area contributed by atoms with E-state index >= 15 is 0 Å². The Morgan fingerprint density at radius 3 is 3.00 bits per heavy atom. The summed E-state index contributed by atoms with van der Waals surface area (Å²) in [6, 6.07) is 7.63. The zero-order valence-corrected chi connectivity index (χ0v) is 12.2. The van der Waals surface area contributed by atoms with E-state index in [0.29, 0.717) is 24.6 Å². The lowest BCUT2D eigenvalue weighted by atomic mass is 10.2. The van der Waals surface area contributed by atoms with Gasteiger partial charge in [-0.1, -0.05) is 19.1 Å². The summed E-state index contributed by atoms with van der Waals surface area (Å²) < 4.78 is 11.6. The average molecular weight is 280 g/mol. The Morgan fingerprint density at radius 1 is 1.47 bits per heavy atom. The molecule has 1 aromatic carbocycles. The van der Waals surface area contributed by atoms with Crippen LogP contribution in [0.5, 0.6) is 0 Å². The lowest BCUT2D eigenvalue weighted by molar-refractivity contribution is 0.210. The number of hydrogen-bond acceptors (Lipinski definition) is 2. The fourth-order valence-electron chi connectivity index (χ4n) is 2.24. The summed E-state index contributed by atoms with van der Waals surface area (Å²) in [4.78, 5) is 14.0. The van der Waals surface area contributed by atoms with E-state index in [4.69, 9.17) is 0 Å². The van der Waals surface area contributed by atoms with Crippen LogP contribution in [-0.2, 0) is 10.8 Å². The van der Waals surface area contributed by atoms with E-state index in [1.54, 1.807) is 4.90 Å². The molecular formula is C14H20N2O2S. The number of anilines is 1. The molecule has 1 aliphatic heterocycles. The molecule has 2 amide bonds. The third kappa shape index (κ3) is 4.06. The second kappa shape index (κ2) is 6.19. The average Bonchev–Trinajstić information content (AvgIpc) is 2.50. The highest BCUT2D eigenvalue weighted by molar-refractivity contribution is 7.85. The van der Waals surface area contributed by atoms with E-state index in [9.17, 15) is 9.00 Å². The summed E-state index contributed by atoms with van der Waals surface area (Å²) in [6.45, 7) is 5.26. The molecule has 1 N–H and O–H groups in total. The normalized spacial score (nSPS) is 23.8. The van der Waals surface area contributed by atoms with Gasteiger partial charge in [0, 0.05) is 41.1 Å². The summed E-state index contributed by atoms with van der Waals surface area (Å²) in [5.41, 5.74) is 1.92. The van der Waals surface area contributed by atoms with Gasteiger partial charge in [-0.25, -0.2) is 4.79 Å². The van der Waals surface area contributed by atoms with Crippen molar-refractivity contribution < 1.29 is 9.00 Å². The molecule has 1 aromatic rings. The molecular weight excluding hydrogens is 260 g/mol. The van der Waals surface area contributed by atoms with Crippen molar-refractivity contribution in [2.75, 3.05) is 29.9 Å². The Labute approximate surface area is 116 Å². The Kier molecular flexibility index (Phi) is 4.58. The summed E-state index contributed by atoms with van der Waals surface area (Å²) in [7, 11) is -0.797. The second-order valence-electron chi connectivity index (χ2n) is 5.16. The zero-order chi connectivity index (χ0) is 13.8. The van der Waals surface area contributed by atoms with Crippen LogP contribution in [0.15, 0.2) is 24.3 Å². The Hall–Kier alpha value is -1.36. The minimum Gasteiger partial charge on any atom is -0.323 e. The van der Waals surface area contributed by atoms with Crippen molar-refractivity contribution in [3.8, 4) is 0 Å². The lowest BCUT2D eigenvalue weighted by Gasteiger charge is -2.22. The van der Waals surface area contributed by atoms with Crippen LogP contribution in [0.4, 0.5) is 10.5 Å². The highest BCUT2D eigenvalue weighted by Gasteiger charge is 2.22. The monoisotopic (exact) mass is 280 g/mol. The molecule has 0 unspecified atom stereocenters. The molecule has 0 spiro atoms. The predicted molar refractivity (Wildman–Crippen MR) is 78.8 cm³/mol. The zero-order valence-electron chi connectivity index (χ0n) is 11.4. The molecule has 0 aliphatic carbocycles. The molecule has 5 heteroatoms. The second-order valence-corrected chi connectivity index (χ2v) is 6.78. The Bertz CT molecular complexity index is 490. The van der Waals surface area contributed by atoms with Crippen LogP contribution < -0.4 is 5.32 Å². The van der Waals surface area contributed by atoms with Gasteiger partial charge in [0.15, 0.2) is 0 Å². The standard InChI is InChI=1S/C14H20N2O2S/c1-11-4-3-5-13(8-11)15-14(17)16-6-7-19(18)10-12(2)9-16/h3-5,8,12H,6-7,9-10H2,1-2H3,(H,15,17)/t12-,19+/m0/s1. The van der Waals surface area contributed by atoms with Gasteiger partial charge in [0.25, 0.3) is 0 Å². The third-order valence-corrected chi connectivity index (χ3v) is 4.73. The van der Waals surface area contributed by atoms with E-state index in [-0.39, 0.29) is 11.9 Å². The molecule has 104 valence electrons. The number of nitrogens with zero attached hydrogens (tertiary/aromatic N) is 1. The van der Waals surface area contributed by atoms with Gasteiger partial charge in [0.05, 0.1) is 0 Å². The number of rotatable bonds is 1. The highest BCUT2D eigenvalue weighted by atomic mass is 32.2. The molecule has 0 aromatic heterocycles. The lowest BCUT2D eigenvalue weighted by Crippen LogP contribution is -2.38. The Morgan fingerprint density at radius 2 is 2.26 bits per heavy atom. The van der Waals surface area contributed by atoms with Gasteiger partial charge in [-0.15, -0.1) is 0 Å². The molecule has 2 rings (SSSR count). The highest BCUT2D eigenvalue weighted by Crippen LogP contribution is 2.13. The number of nitrogens with one attached hydrogen (secondary N) is 1. The maximum absolute atomic E-state index is 12.2. The van der Waals surface area contributed by atoms with Gasteiger partial charge < -0.3 is 10.2 Å². The first-order chi connectivity index (χ1) is 9.04. The van der Waals surface area contributed by atoms with Crippen LogP contribution in [0.1, 0.15) is 12.5 Å². The molecule has 19 heavy (non-hydrogen) atoms. The van der Waals surface area contributed by atoms with Crippen molar-refractivity contribution in [3.05, 3.63) is 29.8 Å². The van der Waals surface area contributed by atoms with Crippen LogP contribution in [0.2, 0.25) is 0 Å². The third-order valence-electron chi connectivity index (χ3n) is 3.15. The van der Waals surface area contributed by atoms with E-state index in [1.807, 2.05) is 38.1 Å². The number of carbonyl (C=O) groups is 1. The molecule has 2 atom stereocenters. The number of amides is 2. The van der Waals surface area contributed by atoms with Crippen molar-refractivity contribution >= 4 is 22.5 Å². The minimum atomic E-state index is -0.797. The van der Waals surface area contributed by atoms with E-state index in [1.165, 1.54) is 0 Å². The first kappa shape index (κ1) is 14.1. The Balaban J connectivity index is 2.01. The van der Waals surface area contributed by atoms with Crippen molar-refractivity contribution in [2.45, 2.75) is 13.8 Å². The van der Waals surface area contributed by atoms with Gasteiger partial charge in [-0.05, 0) is 30.5 Å². The summed E-state index contributed by atoms with van der Waals surface area (Å²) in [5, 5.41) is 2.90. The number of aryl methyl sites for hydroxylation is 1. The van der Waals surface area contributed by atoms with Crippen molar-refractivity contribution in [1.29, 1.82) is 0 Å².